The zero-order chi connectivity index (χ0) is 11.5. The maximum Gasteiger partial charge on any atom is 0.180 e. The zero-order valence-corrected chi connectivity index (χ0v) is 9.98. The van der Waals surface area contributed by atoms with Crippen LogP contribution in [0.15, 0.2) is 30.3 Å². The molecule has 4 heteroatoms. The summed E-state index contributed by atoms with van der Waals surface area (Å²) in [7, 11) is 0. The van der Waals surface area contributed by atoms with E-state index in [1.54, 1.807) is 12.1 Å². The number of aliphatic hydroxyl groups is 1. The van der Waals surface area contributed by atoms with E-state index in [0.29, 0.717) is 21.9 Å². The standard InChI is InChI=1S/C12H10ClFOS/c13-10-3-1-2-8(5-10)4-9-6-11(7-15)16-12(9)14/h1-3,5-6,15H,4,7H2. The van der Waals surface area contributed by atoms with Crippen LogP contribution in [-0.4, -0.2) is 5.11 Å². The Hall–Kier alpha value is -0.900. The highest BCUT2D eigenvalue weighted by molar-refractivity contribution is 7.10. The maximum absolute atomic E-state index is 13.5. The first kappa shape index (κ1) is 11.6. The van der Waals surface area contributed by atoms with Gasteiger partial charge in [0.25, 0.3) is 0 Å². The number of thiophene rings is 1. The van der Waals surface area contributed by atoms with Crippen LogP contribution in [0.3, 0.4) is 0 Å². The van der Waals surface area contributed by atoms with E-state index in [1.807, 2.05) is 18.2 Å². The SMILES string of the molecule is OCc1cc(Cc2cccc(Cl)c2)c(F)s1. The Balaban J connectivity index is 2.23. The van der Waals surface area contributed by atoms with Gasteiger partial charge in [0.15, 0.2) is 5.13 Å². The summed E-state index contributed by atoms with van der Waals surface area (Å²) in [5, 5.41) is 9.32. The topological polar surface area (TPSA) is 20.2 Å². The maximum atomic E-state index is 13.5. The van der Waals surface area contributed by atoms with Crippen molar-refractivity contribution in [2.45, 2.75) is 13.0 Å². The minimum Gasteiger partial charge on any atom is -0.391 e. The lowest BCUT2D eigenvalue weighted by Crippen LogP contribution is -1.88. The van der Waals surface area contributed by atoms with Crippen LogP contribution in [0.4, 0.5) is 4.39 Å². The highest BCUT2D eigenvalue weighted by Crippen LogP contribution is 2.24. The minimum atomic E-state index is -0.232. The molecule has 84 valence electrons. The van der Waals surface area contributed by atoms with Crippen LogP contribution < -0.4 is 0 Å². The first-order valence-electron chi connectivity index (χ1n) is 4.81. The average Bonchev–Trinajstić information content (AvgIpc) is 2.60. The number of aliphatic hydroxyl groups excluding tert-OH is 1. The van der Waals surface area contributed by atoms with Crippen LogP contribution in [0.1, 0.15) is 16.0 Å². The van der Waals surface area contributed by atoms with E-state index in [-0.39, 0.29) is 11.7 Å². The molecule has 0 aliphatic heterocycles. The summed E-state index contributed by atoms with van der Waals surface area (Å²) in [6.45, 7) is -0.114. The van der Waals surface area contributed by atoms with E-state index in [9.17, 15) is 4.39 Å². The van der Waals surface area contributed by atoms with Gasteiger partial charge in [-0.3, -0.25) is 0 Å². The van der Waals surface area contributed by atoms with Crippen LogP contribution in [0, 0.1) is 5.13 Å². The van der Waals surface area contributed by atoms with Gasteiger partial charge in [0.2, 0.25) is 0 Å². The summed E-state index contributed by atoms with van der Waals surface area (Å²) in [6.07, 6.45) is 0.503. The molecule has 1 nitrogen and oxygen atoms in total. The third-order valence-corrected chi connectivity index (χ3v) is 3.43. The highest BCUT2D eigenvalue weighted by atomic mass is 35.5. The van der Waals surface area contributed by atoms with E-state index >= 15 is 0 Å². The molecule has 2 aromatic rings. The molecule has 1 aromatic carbocycles. The monoisotopic (exact) mass is 256 g/mol. The van der Waals surface area contributed by atoms with E-state index in [2.05, 4.69) is 0 Å². The van der Waals surface area contributed by atoms with Crippen LogP contribution >= 0.6 is 22.9 Å². The number of hydrogen-bond acceptors (Lipinski definition) is 2. The van der Waals surface area contributed by atoms with Gasteiger partial charge in [-0.2, -0.15) is 4.39 Å². The molecule has 0 aliphatic rings. The third-order valence-electron chi connectivity index (χ3n) is 2.25. The lowest BCUT2D eigenvalue weighted by Gasteiger charge is -1.99. The van der Waals surface area contributed by atoms with Gasteiger partial charge in [-0.15, -0.1) is 11.3 Å². The van der Waals surface area contributed by atoms with Gasteiger partial charge in [-0.25, -0.2) is 0 Å². The van der Waals surface area contributed by atoms with Gasteiger partial charge in [0.05, 0.1) is 6.61 Å². The highest BCUT2D eigenvalue weighted by Gasteiger charge is 2.08. The summed E-state index contributed by atoms with van der Waals surface area (Å²) in [6, 6.07) is 9.04. The lowest BCUT2D eigenvalue weighted by molar-refractivity contribution is 0.285. The minimum absolute atomic E-state index is 0.114. The second-order valence-electron chi connectivity index (χ2n) is 3.48. The Morgan fingerprint density at radius 3 is 2.75 bits per heavy atom. The number of hydrogen-bond donors (Lipinski definition) is 1. The molecule has 0 amide bonds. The molecule has 16 heavy (non-hydrogen) atoms. The second-order valence-corrected chi connectivity index (χ2v) is 5.00. The molecule has 0 fully saturated rings. The third kappa shape index (κ3) is 2.61. The van der Waals surface area contributed by atoms with Gasteiger partial charge in [0, 0.05) is 21.9 Å². The predicted octanol–water partition coefficient (Wildman–Crippen LogP) is 3.62. The fourth-order valence-electron chi connectivity index (χ4n) is 1.53. The van der Waals surface area contributed by atoms with Gasteiger partial charge in [0.1, 0.15) is 0 Å². The first-order valence-corrected chi connectivity index (χ1v) is 6.01. The Bertz CT molecular complexity index is 496. The van der Waals surface area contributed by atoms with Crippen LogP contribution in [-0.2, 0) is 13.0 Å². The molecular weight excluding hydrogens is 247 g/mol. The molecule has 0 radical (unpaired) electrons. The molecule has 0 bridgehead atoms. The Morgan fingerprint density at radius 2 is 2.12 bits per heavy atom. The largest absolute Gasteiger partial charge is 0.391 e. The molecular formula is C12H10ClFOS. The second kappa shape index (κ2) is 4.95. The average molecular weight is 257 g/mol. The molecule has 1 aromatic heterocycles. The Morgan fingerprint density at radius 1 is 1.31 bits per heavy atom. The van der Waals surface area contributed by atoms with Crippen molar-refractivity contribution in [2.24, 2.45) is 0 Å². The summed E-state index contributed by atoms with van der Waals surface area (Å²) in [4.78, 5) is 0.648. The van der Waals surface area contributed by atoms with Crippen molar-refractivity contribution in [1.29, 1.82) is 0 Å². The summed E-state index contributed by atoms with van der Waals surface area (Å²) in [5.41, 5.74) is 1.57. The molecule has 0 spiro atoms. The van der Waals surface area contributed by atoms with E-state index in [1.165, 1.54) is 0 Å². The zero-order valence-electron chi connectivity index (χ0n) is 8.41. The van der Waals surface area contributed by atoms with Crippen molar-refractivity contribution in [3.63, 3.8) is 0 Å². The smallest absolute Gasteiger partial charge is 0.180 e. The summed E-state index contributed by atoms with van der Waals surface area (Å²) in [5.74, 6) is 0. The van der Waals surface area contributed by atoms with E-state index in [0.717, 1.165) is 16.9 Å². The van der Waals surface area contributed by atoms with E-state index in [4.69, 9.17) is 16.7 Å². The van der Waals surface area contributed by atoms with Gasteiger partial charge >= 0.3 is 0 Å². The Labute approximate surface area is 102 Å². The van der Waals surface area contributed by atoms with Crippen LogP contribution in [0.2, 0.25) is 5.02 Å². The fraction of sp³-hybridized carbons (Fsp3) is 0.167. The molecule has 0 saturated heterocycles. The van der Waals surface area contributed by atoms with Crippen LogP contribution in [0.25, 0.3) is 0 Å². The molecule has 0 saturated carbocycles. The van der Waals surface area contributed by atoms with Crippen LogP contribution in [0.5, 0.6) is 0 Å². The molecule has 1 heterocycles. The Kier molecular flexibility index (Phi) is 3.59. The van der Waals surface area contributed by atoms with Crippen molar-refractivity contribution in [2.75, 3.05) is 0 Å². The summed E-state index contributed by atoms with van der Waals surface area (Å²) >= 11 is 6.84. The van der Waals surface area contributed by atoms with Crippen molar-refractivity contribution < 1.29 is 9.50 Å². The number of halogens is 2. The first-order chi connectivity index (χ1) is 7.69. The van der Waals surface area contributed by atoms with Gasteiger partial charge in [-0.05, 0) is 23.8 Å². The lowest BCUT2D eigenvalue weighted by atomic mass is 10.1. The van der Waals surface area contributed by atoms with Gasteiger partial charge < -0.3 is 5.11 Å². The summed E-state index contributed by atoms with van der Waals surface area (Å²) < 4.78 is 13.5. The normalized spacial score (nSPS) is 10.7. The number of rotatable bonds is 3. The fourth-order valence-corrected chi connectivity index (χ4v) is 2.50. The quantitative estimate of drug-likeness (QED) is 0.889. The van der Waals surface area contributed by atoms with Crippen molar-refractivity contribution in [1.82, 2.24) is 0 Å². The predicted molar refractivity (Wildman–Crippen MR) is 64.5 cm³/mol. The molecule has 1 N–H and O–H groups in total. The van der Waals surface area contributed by atoms with Crippen molar-refractivity contribution in [3.8, 4) is 0 Å². The molecule has 0 atom stereocenters. The number of benzene rings is 1. The van der Waals surface area contributed by atoms with Gasteiger partial charge in [-0.1, -0.05) is 23.7 Å². The molecule has 0 aliphatic carbocycles. The van der Waals surface area contributed by atoms with Crippen molar-refractivity contribution in [3.05, 3.63) is 56.5 Å². The molecule has 0 unspecified atom stereocenters. The van der Waals surface area contributed by atoms with E-state index < -0.39 is 0 Å². The molecule has 2 rings (SSSR count). The van der Waals surface area contributed by atoms with Crippen molar-refractivity contribution >= 4 is 22.9 Å².